The molecule has 3 rings (SSSR count). The van der Waals surface area contributed by atoms with Gasteiger partial charge >= 0.3 is 0 Å². The topological polar surface area (TPSA) is 89.4 Å². The molecule has 4 N–H and O–H groups in total. The Morgan fingerprint density at radius 1 is 0.909 bits per heavy atom. The normalized spacial score (nSPS) is 14.9. The minimum absolute atomic E-state index is 0.295. The van der Waals surface area contributed by atoms with Gasteiger partial charge in [0.05, 0.1) is 16.9 Å². The van der Waals surface area contributed by atoms with E-state index in [2.05, 4.69) is 0 Å². The van der Waals surface area contributed by atoms with Gasteiger partial charge in [-0.05, 0) is 30.7 Å². The molecule has 0 saturated heterocycles. The third kappa shape index (κ3) is 2.03. The molecule has 0 saturated carbocycles. The number of anilines is 3. The molecule has 0 bridgehead atoms. The molecule has 0 aromatic heterocycles. The zero-order valence-electron chi connectivity index (χ0n) is 12.0. The average molecular weight is 293 g/mol. The van der Waals surface area contributed by atoms with E-state index in [0.717, 1.165) is 10.5 Å². The van der Waals surface area contributed by atoms with Crippen molar-refractivity contribution in [2.45, 2.75) is 6.92 Å². The van der Waals surface area contributed by atoms with Crippen molar-refractivity contribution in [2.75, 3.05) is 16.4 Å². The first-order valence-corrected chi connectivity index (χ1v) is 6.81. The van der Waals surface area contributed by atoms with Crippen LogP contribution in [0.1, 0.15) is 12.5 Å². The standard InChI is InChI=1S/C17H15N3O2/c1-10-15(11-5-3-2-4-6-11)17(22)20(16(10)21)14-8-7-12(18)9-13(14)19/h2-9H,18-19H2,1H3. The Morgan fingerprint density at radius 3 is 2.23 bits per heavy atom. The van der Waals surface area contributed by atoms with E-state index in [9.17, 15) is 9.59 Å². The molecule has 5 nitrogen and oxygen atoms in total. The molecule has 110 valence electrons. The Labute approximate surface area is 127 Å². The van der Waals surface area contributed by atoms with Gasteiger partial charge in [0, 0.05) is 11.3 Å². The van der Waals surface area contributed by atoms with E-state index in [1.807, 2.05) is 18.2 Å². The summed E-state index contributed by atoms with van der Waals surface area (Å²) in [4.78, 5) is 26.3. The van der Waals surface area contributed by atoms with E-state index >= 15 is 0 Å². The first kappa shape index (κ1) is 13.9. The van der Waals surface area contributed by atoms with Crippen molar-refractivity contribution in [3.63, 3.8) is 0 Å². The lowest BCUT2D eigenvalue weighted by Crippen LogP contribution is -2.32. The molecule has 2 aromatic carbocycles. The van der Waals surface area contributed by atoms with Gasteiger partial charge in [-0.15, -0.1) is 0 Å². The minimum atomic E-state index is -0.370. The molecule has 0 aliphatic carbocycles. The molecule has 2 aromatic rings. The van der Waals surface area contributed by atoms with Crippen LogP contribution in [0.5, 0.6) is 0 Å². The summed E-state index contributed by atoms with van der Waals surface area (Å²) in [6.45, 7) is 1.65. The summed E-state index contributed by atoms with van der Waals surface area (Å²) in [5.41, 5.74) is 14.2. The van der Waals surface area contributed by atoms with Gasteiger partial charge in [0.25, 0.3) is 11.8 Å². The van der Waals surface area contributed by atoms with Crippen LogP contribution in [-0.2, 0) is 9.59 Å². The van der Waals surface area contributed by atoms with Gasteiger partial charge in [0.1, 0.15) is 0 Å². The van der Waals surface area contributed by atoms with E-state index in [-0.39, 0.29) is 11.8 Å². The predicted octanol–water partition coefficient (Wildman–Crippen LogP) is 2.20. The van der Waals surface area contributed by atoms with Crippen LogP contribution < -0.4 is 16.4 Å². The number of imide groups is 1. The zero-order valence-corrected chi connectivity index (χ0v) is 12.0. The van der Waals surface area contributed by atoms with Gasteiger partial charge < -0.3 is 11.5 Å². The quantitative estimate of drug-likeness (QED) is 0.656. The van der Waals surface area contributed by atoms with Crippen LogP contribution in [0.3, 0.4) is 0 Å². The zero-order chi connectivity index (χ0) is 15.9. The number of hydrogen-bond acceptors (Lipinski definition) is 4. The van der Waals surface area contributed by atoms with Gasteiger partial charge in [0.2, 0.25) is 0 Å². The summed E-state index contributed by atoms with van der Waals surface area (Å²) in [6, 6.07) is 13.9. The number of nitrogens with zero attached hydrogens (tertiary/aromatic N) is 1. The lowest BCUT2D eigenvalue weighted by atomic mass is 10.0. The lowest BCUT2D eigenvalue weighted by molar-refractivity contribution is -0.120. The maximum absolute atomic E-state index is 12.7. The number of carbonyl (C=O) groups excluding carboxylic acids is 2. The molecule has 2 amide bonds. The van der Waals surface area contributed by atoms with Gasteiger partial charge in [-0.25, -0.2) is 4.90 Å². The molecule has 22 heavy (non-hydrogen) atoms. The fourth-order valence-electron chi connectivity index (χ4n) is 2.58. The van der Waals surface area contributed by atoms with Crippen molar-refractivity contribution in [1.82, 2.24) is 0 Å². The van der Waals surface area contributed by atoms with Crippen molar-refractivity contribution in [3.05, 3.63) is 59.7 Å². The fraction of sp³-hybridized carbons (Fsp3) is 0.0588. The maximum Gasteiger partial charge on any atom is 0.266 e. The lowest BCUT2D eigenvalue weighted by Gasteiger charge is -2.17. The molecule has 0 atom stereocenters. The van der Waals surface area contributed by atoms with Crippen LogP contribution >= 0.6 is 0 Å². The van der Waals surface area contributed by atoms with E-state index in [1.165, 1.54) is 6.07 Å². The number of carbonyl (C=O) groups is 2. The summed E-state index contributed by atoms with van der Waals surface area (Å²) in [7, 11) is 0. The van der Waals surface area contributed by atoms with Crippen molar-refractivity contribution >= 4 is 34.4 Å². The van der Waals surface area contributed by atoms with Crippen LogP contribution in [0.15, 0.2) is 54.1 Å². The first-order chi connectivity index (χ1) is 10.5. The second-order valence-corrected chi connectivity index (χ2v) is 5.13. The molecular formula is C17H15N3O2. The number of hydrogen-bond donors (Lipinski definition) is 2. The Morgan fingerprint density at radius 2 is 1.59 bits per heavy atom. The summed E-state index contributed by atoms with van der Waals surface area (Å²) in [6.07, 6.45) is 0. The second-order valence-electron chi connectivity index (χ2n) is 5.13. The van der Waals surface area contributed by atoms with E-state index in [4.69, 9.17) is 11.5 Å². The molecule has 1 aliphatic rings. The molecule has 1 heterocycles. The van der Waals surface area contributed by atoms with Crippen LogP contribution in [0, 0.1) is 0 Å². The third-order valence-corrected chi connectivity index (χ3v) is 3.67. The van der Waals surface area contributed by atoms with E-state index in [1.54, 1.807) is 31.2 Å². The Bertz CT molecular complexity index is 810. The number of nitrogen functional groups attached to an aromatic ring is 2. The maximum atomic E-state index is 12.7. The molecule has 0 radical (unpaired) electrons. The van der Waals surface area contributed by atoms with Crippen LogP contribution in [0.2, 0.25) is 0 Å². The Kier molecular flexibility index (Phi) is 3.18. The van der Waals surface area contributed by atoms with Gasteiger partial charge in [-0.3, -0.25) is 9.59 Å². The number of rotatable bonds is 2. The molecule has 1 aliphatic heterocycles. The van der Waals surface area contributed by atoms with Gasteiger partial charge in [0.15, 0.2) is 0 Å². The minimum Gasteiger partial charge on any atom is -0.399 e. The van der Waals surface area contributed by atoms with Crippen molar-refractivity contribution < 1.29 is 9.59 Å². The van der Waals surface area contributed by atoms with Crippen LogP contribution in [0.25, 0.3) is 5.57 Å². The number of amides is 2. The van der Waals surface area contributed by atoms with E-state index in [0.29, 0.717) is 28.2 Å². The van der Waals surface area contributed by atoms with Gasteiger partial charge in [-0.1, -0.05) is 30.3 Å². The molecule has 0 fully saturated rings. The van der Waals surface area contributed by atoms with Crippen molar-refractivity contribution in [2.24, 2.45) is 0 Å². The van der Waals surface area contributed by atoms with Gasteiger partial charge in [-0.2, -0.15) is 0 Å². The SMILES string of the molecule is CC1=C(c2ccccc2)C(=O)N(c2ccc(N)cc2N)C1=O. The number of nitrogens with two attached hydrogens (primary N) is 2. The fourth-order valence-corrected chi connectivity index (χ4v) is 2.58. The first-order valence-electron chi connectivity index (χ1n) is 6.81. The summed E-state index contributed by atoms with van der Waals surface area (Å²) < 4.78 is 0. The highest BCUT2D eigenvalue weighted by molar-refractivity contribution is 6.45. The second kappa shape index (κ2) is 5.04. The highest BCUT2D eigenvalue weighted by atomic mass is 16.2. The summed E-state index contributed by atoms with van der Waals surface area (Å²) in [5, 5.41) is 0. The van der Waals surface area contributed by atoms with Crippen molar-refractivity contribution in [1.29, 1.82) is 0 Å². The summed E-state index contributed by atoms with van der Waals surface area (Å²) >= 11 is 0. The largest absolute Gasteiger partial charge is 0.399 e. The smallest absolute Gasteiger partial charge is 0.266 e. The predicted molar refractivity (Wildman–Crippen MR) is 86.8 cm³/mol. The van der Waals surface area contributed by atoms with E-state index < -0.39 is 0 Å². The molecule has 0 unspecified atom stereocenters. The number of benzene rings is 2. The highest BCUT2D eigenvalue weighted by Gasteiger charge is 2.38. The molecule has 5 heteroatoms. The highest BCUT2D eigenvalue weighted by Crippen LogP contribution is 2.35. The summed E-state index contributed by atoms with van der Waals surface area (Å²) in [5.74, 6) is -0.731. The van der Waals surface area contributed by atoms with Crippen LogP contribution in [0.4, 0.5) is 17.1 Å². The third-order valence-electron chi connectivity index (χ3n) is 3.67. The average Bonchev–Trinajstić information content (AvgIpc) is 2.71. The molecule has 0 spiro atoms. The Balaban J connectivity index is 2.08. The Hall–Kier alpha value is -3.08. The molecular weight excluding hydrogens is 278 g/mol. The monoisotopic (exact) mass is 293 g/mol. The van der Waals surface area contributed by atoms with Crippen LogP contribution in [-0.4, -0.2) is 11.8 Å². The van der Waals surface area contributed by atoms with Crippen molar-refractivity contribution in [3.8, 4) is 0 Å².